The summed E-state index contributed by atoms with van der Waals surface area (Å²) < 4.78 is 5.07. The lowest BCUT2D eigenvalue weighted by Crippen LogP contribution is -2.33. The average molecular weight is 475 g/mol. The maximum atomic E-state index is 13.0. The van der Waals surface area contributed by atoms with Crippen LogP contribution in [0.15, 0.2) is 54.6 Å². The number of rotatable bonds is 6. The molecule has 2 bridgehead atoms. The molecule has 2 aromatic carbocycles. The molecular formula is C25H21N3O7. The lowest BCUT2D eigenvalue weighted by Gasteiger charge is -2.18. The summed E-state index contributed by atoms with van der Waals surface area (Å²) in [6, 6.07) is 10.2. The fourth-order valence-electron chi connectivity index (χ4n) is 5.22. The molecule has 1 saturated carbocycles. The highest BCUT2D eigenvalue weighted by molar-refractivity contribution is 6.23. The Bertz CT molecular complexity index is 1290. The highest BCUT2D eigenvalue weighted by Crippen LogP contribution is 2.53. The van der Waals surface area contributed by atoms with Crippen LogP contribution in [0.2, 0.25) is 0 Å². The van der Waals surface area contributed by atoms with Gasteiger partial charge in [0.1, 0.15) is 0 Å². The van der Waals surface area contributed by atoms with Gasteiger partial charge in [0.15, 0.2) is 6.61 Å². The van der Waals surface area contributed by atoms with Crippen molar-refractivity contribution in [1.29, 1.82) is 0 Å². The zero-order valence-electron chi connectivity index (χ0n) is 18.7. The Morgan fingerprint density at radius 2 is 1.77 bits per heavy atom. The topological polar surface area (TPSA) is 136 Å². The Kier molecular flexibility index (Phi) is 5.43. The minimum Gasteiger partial charge on any atom is -0.452 e. The molecule has 1 aliphatic heterocycles. The number of nitro benzene ring substituents is 1. The van der Waals surface area contributed by atoms with E-state index in [1.165, 1.54) is 30.3 Å². The van der Waals surface area contributed by atoms with E-state index >= 15 is 0 Å². The first-order valence-corrected chi connectivity index (χ1v) is 11.1. The second-order valence-electron chi connectivity index (χ2n) is 8.94. The molecule has 35 heavy (non-hydrogen) atoms. The first-order valence-electron chi connectivity index (χ1n) is 11.1. The number of hydrogen-bond acceptors (Lipinski definition) is 7. The van der Waals surface area contributed by atoms with E-state index in [0.717, 1.165) is 11.3 Å². The molecule has 3 aliphatic rings. The molecule has 0 unspecified atom stereocenters. The Hall–Kier alpha value is -4.34. The zero-order chi connectivity index (χ0) is 24.9. The second kappa shape index (κ2) is 8.46. The number of carbonyl (C=O) groups excluding carboxylic acids is 4. The summed E-state index contributed by atoms with van der Waals surface area (Å²) in [7, 11) is 0. The van der Waals surface area contributed by atoms with E-state index in [9.17, 15) is 29.3 Å². The van der Waals surface area contributed by atoms with E-state index in [1.54, 1.807) is 19.1 Å². The minimum absolute atomic E-state index is 0.0769. The number of anilines is 2. The van der Waals surface area contributed by atoms with Gasteiger partial charge in [0.25, 0.3) is 11.6 Å². The molecule has 1 heterocycles. The van der Waals surface area contributed by atoms with E-state index in [0.29, 0.717) is 11.3 Å². The van der Waals surface area contributed by atoms with Crippen molar-refractivity contribution in [3.63, 3.8) is 0 Å². The first-order chi connectivity index (χ1) is 16.7. The van der Waals surface area contributed by atoms with E-state index in [4.69, 9.17) is 4.74 Å². The van der Waals surface area contributed by atoms with Gasteiger partial charge in [-0.3, -0.25) is 24.5 Å². The van der Waals surface area contributed by atoms with Crippen molar-refractivity contribution in [3.8, 4) is 0 Å². The molecule has 178 valence electrons. The third-order valence-electron chi connectivity index (χ3n) is 6.83. The van der Waals surface area contributed by atoms with Crippen molar-refractivity contribution < 1.29 is 28.8 Å². The van der Waals surface area contributed by atoms with Crippen molar-refractivity contribution in [2.75, 3.05) is 16.8 Å². The quantitative estimate of drug-likeness (QED) is 0.223. The summed E-state index contributed by atoms with van der Waals surface area (Å²) in [5.74, 6) is -2.54. The highest BCUT2D eigenvalue weighted by Gasteiger charge is 2.59. The van der Waals surface area contributed by atoms with Crippen LogP contribution in [0.25, 0.3) is 0 Å². The molecule has 1 saturated heterocycles. The lowest BCUT2D eigenvalue weighted by molar-refractivity contribution is -0.385. The number of nitrogens with one attached hydrogen (secondary N) is 1. The standard InChI is InChI=1S/C25H21N3O7/c1-13-5-8-17(11-19(13)28(33)34)26-20(29)12-35-25(32)16-3-2-4-18(10-16)27-23(30)21-14-6-7-15(9-14)22(21)24(27)31/h2-8,10-11,14-15,21-22H,9,12H2,1H3,(H,26,29)/t14-,15-,21-,22-/m0/s1. The number of carbonyl (C=O) groups is 4. The number of amides is 3. The molecule has 0 radical (unpaired) electrons. The van der Waals surface area contributed by atoms with Crippen molar-refractivity contribution >= 4 is 40.8 Å². The molecule has 0 spiro atoms. The number of allylic oxidation sites excluding steroid dienone is 2. The van der Waals surface area contributed by atoms with Gasteiger partial charge in [-0.25, -0.2) is 9.69 Å². The van der Waals surface area contributed by atoms with Gasteiger partial charge in [-0.2, -0.15) is 0 Å². The smallest absolute Gasteiger partial charge is 0.338 e. The van der Waals surface area contributed by atoms with E-state index in [-0.39, 0.29) is 52.4 Å². The van der Waals surface area contributed by atoms with Crippen LogP contribution in [-0.2, 0) is 19.1 Å². The molecule has 4 atom stereocenters. The number of nitrogens with zero attached hydrogens (tertiary/aromatic N) is 2. The monoisotopic (exact) mass is 475 g/mol. The van der Waals surface area contributed by atoms with Crippen LogP contribution in [0.3, 0.4) is 0 Å². The molecule has 2 fully saturated rings. The first kappa shape index (κ1) is 22.5. The number of nitro groups is 1. The van der Waals surface area contributed by atoms with Crippen LogP contribution in [0.1, 0.15) is 22.3 Å². The van der Waals surface area contributed by atoms with Crippen LogP contribution in [0.5, 0.6) is 0 Å². The second-order valence-corrected chi connectivity index (χ2v) is 8.94. The molecule has 0 aromatic heterocycles. The largest absolute Gasteiger partial charge is 0.452 e. The van der Waals surface area contributed by atoms with Crippen LogP contribution in [-0.4, -0.2) is 35.2 Å². The van der Waals surface area contributed by atoms with Gasteiger partial charge in [-0.05, 0) is 49.4 Å². The third-order valence-corrected chi connectivity index (χ3v) is 6.83. The normalized spacial score (nSPS) is 24.0. The number of aryl methyl sites for hydroxylation is 1. The van der Waals surface area contributed by atoms with Gasteiger partial charge in [0, 0.05) is 17.3 Å². The zero-order valence-corrected chi connectivity index (χ0v) is 18.7. The Balaban J connectivity index is 1.23. The number of hydrogen-bond donors (Lipinski definition) is 1. The van der Waals surface area contributed by atoms with Crippen LogP contribution in [0.4, 0.5) is 17.1 Å². The molecule has 10 nitrogen and oxygen atoms in total. The van der Waals surface area contributed by atoms with Crippen LogP contribution >= 0.6 is 0 Å². The number of fused-ring (bicyclic) bond motifs is 5. The summed E-state index contributed by atoms with van der Waals surface area (Å²) in [5, 5.41) is 13.5. The van der Waals surface area contributed by atoms with E-state index in [2.05, 4.69) is 5.32 Å². The SMILES string of the molecule is Cc1ccc(NC(=O)COC(=O)c2cccc(N3C(=O)[C@@H]4[C@@H](C3=O)[C@H]3C=C[C@H]4C3)c2)cc1[N+](=O)[O-]. The molecule has 1 N–H and O–H groups in total. The molecule has 10 heteroatoms. The summed E-state index contributed by atoms with van der Waals surface area (Å²) in [6.45, 7) is 0.960. The van der Waals surface area contributed by atoms with Gasteiger partial charge >= 0.3 is 5.97 Å². The predicted octanol–water partition coefficient (Wildman–Crippen LogP) is 3.01. The summed E-state index contributed by atoms with van der Waals surface area (Å²) in [4.78, 5) is 62.4. The lowest BCUT2D eigenvalue weighted by atomic mass is 9.85. The van der Waals surface area contributed by atoms with Crippen molar-refractivity contribution in [3.05, 3.63) is 75.9 Å². The Labute approximate surface area is 199 Å². The van der Waals surface area contributed by atoms with Gasteiger partial charge in [0.2, 0.25) is 11.8 Å². The summed E-state index contributed by atoms with van der Waals surface area (Å²) in [5.41, 5.74) is 0.877. The number of benzene rings is 2. The van der Waals surface area contributed by atoms with Gasteiger partial charge in [-0.1, -0.05) is 24.3 Å². The predicted molar refractivity (Wildman–Crippen MR) is 123 cm³/mol. The molecule has 3 amide bonds. The Morgan fingerprint density at radius 1 is 1.09 bits per heavy atom. The molecule has 5 rings (SSSR count). The fraction of sp³-hybridized carbons (Fsp3) is 0.280. The molecular weight excluding hydrogens is 454 g/mol. The fourth-order valence-corrected chi connectivity index (χ4v) is 5.22. The van der Waals surface area contributed by atoms with E-state index in [1.807, 2.05) is 12.2 Å². The molecule has 2 aliphatic carbocycles. The minimum atomic E-state index is -0.807. The summed E-state index contributed by atoms with van der Waals surface area (Å²) >= 11 is 0. The van der Waals surface area contributed by atoms with Crippen LogP contribution < -0.4 is 10.2 Å². The van der Waals surface area contributed by atoms with E-state index < -0.39 is 23.4 Å². The number of imide groups is 1. The van der Waals surface area contributed by atoms with Crippen LogP contribution in [0, 0.1) is 40.7 Å². The number of ether oxygens (including phenoxy) is 1. The maximum absolute atomic E-state index is 13.0. The average Bonchev–Trinajstić information content (AvgIpc) is 3.52. The van der Waals surface area contributed by atoms with Gasteiger partial charge in [0.05, 0.1) is 28.0 Å². The third kappa shape index (κ3) is 3.86. The van der Waals surface area contributed by atoms with Crippen molar-refractivity contribution in [2.45, 2.75) is 13.3 Å². The Morgan fingerprint density at radius 3 is 2.43 bits per heavy atom. The number of esters is 1. The highest BCUT2D eigenvalue weighted by atomic mass is 16.6. The van der Waals surface area contributed by atoms with Crippen molar-refractivity contribution in [2.24, 2.45) is 23.7 Å². The van der Waals surface area contributed by atoms with Crippen molar-refractivity contribution in [1.82, 2.24) is 0 Å². The van der Waals surface area contributed by atoms with Gasteiger partial charge in [-0.15, -0.1) is 0 Å². The van der Waals surface area contributed by atoms with Gasteiger partial charge < -0.3 is 10.1 Å². The summed E-state index contributed by atoms with van der Waals surface area (Å²) in [6.07, 6.45) is 4.84. The maximum Gasteiger partial charge on any atom is 0.338 e. The molecule has 2 aromatic rings.